The van der Waals surface area contributed by atoms with Crippen molar-refractivity contribution in [2.24, 2.45) is 0 Å². The molecular formula is C18H14Br2. The molecule has 0 spiro atoms. The van der Waals surface area contributed by atoms with Gasteiger partial charge in [-0.15, -0.1) is 0 Å². The Bertz CT molecular complexity index is 734. The van der Waals surface area contributed by atoms with Crippen molar-refractivity contribution in [3.8, 4) is 0 Å². The minimum Gasteiger partial charge on any atom is -0.0835 e. The van der Waals surface area contributed by atoms with Gasteiger partial charge in [0.15, 0.2) is 0 Å². The number of fused-ring (bicyclic) bond motifs is 1. The highest BCUT2D eigenvalue weighted by Crippen LogP contribution is 2.30. The summed E-state index contributed by atoms with van der Waals surface area (Å²) >= 11 is 7.34. The maximum absolute atomic E-state index is 3.82. The number of hydrogen-bond acceptors (Lipinski definition) is 0. The first-order valence-electron chi connectivity index (χ1n) is 6.59. The zero-order chi connectivity index (χ0) is 13.9. The summed E-state index contributed by atoms with van der Waals surface area (Å²) < 4.78 is 1.13. The van der Waals surface area contributed by atoms with E-state index in [0.717, 1.165) is 10.9 Å². The Morgan fingerprint density at radius 3 is 2.40 bits per heavy atom. The molecule has 0 amide bonds. The van der Waals surface area contributed by atoms with Crippen molar-refractivity contribution in [1.82, 2.24) is 0 Å². The average Bonchev–Trinajstić information content (AvgIpc) is 2.47. The van der Waals surface area contributed by atoms with Gasteiger partial charge in [-0.1, -0.05) is 86.5 Å². The summed E-state index contributed by atoms with van der Waals surface area (Å²) in [6, 6.07) is 23.6. The Morgan fingerprint density at radius 1 is 0.800 bits per heavy atom. The van der Waals surface area contributed by atoms with Crippen LogP contribution in [0.1, 0.15) is 16.0 Å². The summed E-state index contributed by atoms with van der Waals surface area (Å²) in [6.07, 6.45) is 0.984. The second kappa shape index (κ2) is 6.11. The molecule has 1 atom stereocenters. The van der Waals surface area contributed by atoms with Gasteiger partial charge in [0.05, 0.1) is 0 Å². The standard InChI is InChI=1S/C18H14Br2/c19-17-7-3-4-13(10-17)11-18(20)16-9-8-14-5-1-2-6-15(14)12-16/h1-10,12,18H,11H2. The average molecular weight is 390 g/mol. The Labute approximate surface area is 136 Å². The van der Waals surface area contributed by atoms with Crippen LogP contribution in [0.2, 0.25) is 0 Å². The molecule has 100 valence electrons. The first-order valence-corrected chi connectivity index (χ1v) is 8.30. The Balaban J connectivity index is 1.86. The molecular weight excluding hydrogens is 376 g/mol. The third kappa shape index (κ3) is 3.13. The lowest BCUT2D eigenvalue weighted by Gasteiger charge is -2.12. The molecule has 0 saturated carbocycles. The molecule has 0 fully saturated rings. The fraction of sp³-hybridized carbons (Fsp3) is 0.111. The number of halogens is 2. The van der Waals surface area contributed by atoms with Crippen molar-refractivity contribution in [3.05, 3.63) is 82.3 Å². The Morgan fingerprint density at radius 2 is 1.60 bits per heavy atom. The van der Waals surface area contributed by atoms with E-state index in [9.17, 15) is 0 Å². The van der Waals surface area contributed by atoms with Crippen molar-refractivity contribution in [2.75, 3.05) is 0 Å². The van der Waals surface area contributed by atoms with Crippen LogP contribution < -0.4 is 0 Å². The number of rotatable bonds is 3. The molecule has 3 rings (SSSR count). The van der Waals surface area contributed by atoms with Crippen LogP contribution in [0.3, 0.4) is 0 Å². The first-order chi connectivity index (χ1) is 9.72. The van der Waals surface area contributed by atoms with Crippen LogP contribution >= 0.6 is 31.9 Å². The van der Waals surface area contributed by atoms with E-state index >= 15 is 0 Å². The van der Waals surface area contributed by atoms with E-state index in [0.29, 0.717) is 4.83 Å². The molecule has 0 N–H and O–H groups in total. The highest BCUT2D eigenvalue weighted by molar-refractivity contribution is 9.10. The summed E-state index contributed by atoms with van der Waals surface area (Å²) in [6.45, 7) is 0. The van der Waals surface area contributed by atoms with Crippen molar-refractivity contribution in [1.29, 1.82) is 0 Å². The molecule has 0 heterocycles. The molecule has 3 aromatic rings. The van der Waals surface area contributed by atoms with Gasteiger partial charge in [-0.3, -0.25) is 0 Å². The second-order valence-corrected chi connectivity index (χ2v) is 6.93. The van der Waals surface area contributed by atoms with E-state index < -0.39 is 0 Å². The fourth-order valence-corrected chi connectivity index (χ4v) is 3.50. The van der Waals surface area contributed by atoms with E-state index in [4.69, 9.17) is 0 Å². The number of benzene rings is 3. The molecule has 0 aliphatic carbocycles. The van der Waals surface area contributed by atoms with Gasteiger partial charge in [0, 0.05) is 9.30 Å². The van der Waals surface area contributed by atoms with Gasteiger partial charge in [0.1, 0.15) is 0 Å². The smallest absolute Gasteiger partial charge is 0.0435 e. The normalized spacial score (nSPS) is 12.5. The molecule has 0 bridgehead atoms. The third-order valence-electron chi connectivity index (χ3n) is 3.44. The van der Waals surface area contributed by atoms with Crippen molar-refractivity contribution < 1.29 is 0 Å². The fourth-order valence-electron chi connectivity index (χ4n) is 2.39. The maximum atomic E-state index is 3.82. The quantitative estimate of drug-likeness (QED) is 0.462. The molecule has 3 aromatic carbocycles. The van der Waals surface area contributed by atoms with Gasteiger partial charge in [-0.05, 0) is 40.5 Å². The van der Waals surface area contributed by atoms with Crippen LogP contribution in [0, 0.1) is 0 Å². The van der Waals surface area contributed by atoms with Crippen molar-refractivity contribution >= 4 is 42.6 Å². The van der Waals surface area contributed by atoms with Gasteiger partial charge < -0.3 is 0 Å². The number of hydrogen-bond donors (Lipinski definition) is 0. The summed E-state index contributed by atoms with van der Waals surface area (Å²) in [5.41, 5.74) is 2.65. The highest BCUT2D eigenvalue weighted by atomic mass is 79.9. The lowest BCUT2D eigenvalue weighted by Crippen LogP contribution is -1.95. The summed E-state index contributed by atoms with van der Waals surface area (Å²) in [5.74, 6) is 0. The first kappa shape index (κ1) is 13.8. The van der Waals surface area contributed by atoms with Gasteiger partial charge in [0.25, 0.3) is 0 Å². The van der Waals surface area contributed by atoms with Crippen LogP contribution in [-0.4, -0.2) is 0 Å². The van der Waals surface area contributed by atoms with Gasteiger partial charge in [-0.25, -0.2) is 0 Å². The Hall–Kier alpha value is -1.12. The predicted molar refractivity (Wildman–Crippen MR) is 93.5 cm³/mol. The van der Waals surface area contributed by atoms with Crippen LogP contribution in [0.15, 0.2) is 71.2 Å². The second-order valence-electron chi connectivity index (χ2n) is 4.91. The molecule has 0 aliphatic rings. The SMILES string of the molecule is Brc1cccc(CC(Br)c2ccc3ccccc3c2)c1. The van der Waals surface area contributed by atoms with Gasteiger partial charge >= 0.3 is 0 Å². The van der Waals surface area contributed by atoms with E-state index in [1.807, 2.05) is 0 Å². The van der Waals surface area contributed by atoms with Crippen LogP contribution in [0.4, 0.5) is 0 Å². The molecule has 0 nitrogen and oxygen atoms in total. The molecule has 2 heteroatoms. The largest absolute Gasteiger partial charge is 0.0835 e. The monoisotopic (exact) mass is 388 g/mol. The predicted octanol–water partition coefficient (Wildman–Crippen LogP) is 6.28. The molecule has 1 unspecified atom stereocenters. The van der Waals surface area contributed by atoms with E-state index in [-0.39, 0.29) is 0 Å². The van der Waals surface area contributed by atoms with Crippen LogP contribution in [-0.2, 0) is 6.42 Å². The van der Waals surface area contributed by atoms with Crippen LogP contribution in [0.25, 0.3) is 10.8 Å². The van der Waals surface area contributed by atoms with Crippen molar-refractivity contribution in [3.63, 3.8) is 0 Å². The van der Waals surface area contributed by atoms with E-state index in [1.165, 1.54) is 21.9 Å². The van der Waals surface area contributed by atoms with Crippen LogP contribution in [0.5, 0.6) is 0 Å². The minimum absolute atomic E-state index is 0.335. The van der Waals surface area contributed by atoms with Gasteiger partial charge in [-0.2, -0.15) is 0 Å². The Kier molecular flexibility index (Phi) is 4.23. The zero-order valence-corrected chi connectivity index (χ0v) is 14.1. The lowest BCUT2D eigenvalue weighted by atomic mass is 10.0. The molecule has 0 aromatic heterocycles. The zero-order valence-electron chi connectivity index (χ0n) is 10.9. The third-order valence-corrected chi connectivity index (χ3v) is 4.78. The summed E-state index contributed by atoms with van der Waals surface area (Å²) in [4.78, 5) is 0.335. The summed E-state index contributed by atoms with van der Waals surface area (Å²) in [5, 5.41) is 2.59. The molecule has 0 radical (unpaired) electrons. The maximum Gasteiger partial charge on any atom is 0.0435 e. The topological polar surface area (TPSA) is 0 Å². The molecule has 0 aliphatic heterocycles. The summed E-state index contributed by atoms with van der Waals surface area (Å²) in [7, 11) is 0. The van der Waals surface area contributed by atoms with E-state index in [2.05, 4.69) is 98.6 Å². The lowest BCUT2D eigenvalue weighted by molar-refractivity contribution is 0.950. The van der Waals surface area contributed by atoms with E-state index in [1.54, 1.807) is 0 Å². The highest BCUT2D eigenvalue weighted by Gasteiger charge is 2.09. The number of alkyl halides is 1. The van der Waals surface area contributed by atoms with Crippen molar-refractivity contribution in [2.45, 2.75) is 11.2 Å². The molecule has 0 saturated heterocycles. The van der Waals surface area contributed by atoms with Gasteiger partial charge in [0.2, 0.25) is 0 Å². The molecule has 20 heavy (non-hydrogen) atoms. The minimum atomic E-state index is 0.335.